The lowest BCUT2D eigenvalue weighted by Crippen LogP contribution is -2.31. The summed E-state index contributed by atoms with van der Waals surface area (Å²) in [5.74, 6) is 0.804. The second kappa shape index (κ2) is 5.87. The number of rotatable bonds is 6. The summed E-state index contributed by atoms with van der Waals surface area (Å²) < 4.78 is 5.15. The molecule has 0 atom stereocenters. The molecule has 2 N–H and O–H groups in total. The maximum Gasteiger partial charge on any atom is 0.119 e. The molecule has 0 aliphatic rings. The van der Waals surface area contributed by atoms with Crippen LogP contribution in [0, 0.1) is 5.41 Å². The van der Waals surface area contributed by atoms with E-state index in [1.165, 1.54) is 0 Å². The van der Waals surface area contributed by atoms with Crippen LogP contribution in [0.4, 0.5) is 0 Å². The predicted octanol–water partition coefficient (Wildman–Crippen LogP) is 1.62. The molecule has 0 aliphatic heterocycles. The Bertz CT molecular complexity index is 310. The molecular formula is C13H20O3. The molecule has 0 aliphatic carbocycles. The van der Waals surface area contributed by atoms with Gasteiger partial charge in [0.2, 0.25) is 0 Å². The summed E-state index contributed by atoms with van der Waals surface area (Å²) >= 11 is 0. The van der Waals surface area contributed by atoms with Crippen LogP contribution in [0.1, 0.15) is 18.9 Å². The van der Waals surface area contributed by atoms with E-state index in [0.29, 0.717) is 6.42 Å². The van der Waals surface area contributed by atoms with Crippen molar-refractivity contribution in [2.45, 2.75) is 19.8 Å². The zero-order valence-electron chi connectivity index (χ0n) is 9.94. The number of aliphatic hydroxyl groups is 2. The third-order valence-corrected chi connectivity index (χ3v) is 3.13. The molecule has 1 aromatic carbocycles. The van der Waals surface area contributed by atoms with Crippen molar-refractivity contribution >= 4 is 0 Å². The molecule has 3 heteroatoms. The molecule has 3 nitrogen and oxygen atoms in total. The summed E-state index contributed by atoms with van der Waals surface area (Å²) in [7, 11) is 1.63. The second-order valence-electron chi connectivity index (χ2n) is 4.20. The number of hydrogen-bond acceptors (Lipinski definition) is 3. The Hall–Kier alpha value is -1.06. The van der Waals surface area contributed by atoms with Crippen molar-refractivity contribution in [1.82, 2.24) is 0 Å². The van der Waals surface area contributed by atoms with Crippen molar-refractivity contribution in [2.24, 2.45) is 5.41 Å². The summed E-state index contributed by atoms with van der Waals surface area (Å²) in [5.41, 5.74) is 0.649. The van der Waals surface area contributed by atoms with Gasteiger partial charge in [0.15, 0.2) is 0 Å². The van der Waals surface area contributed by atoms with E-state index < -0.39 is 5.41 Å². The Balaban J connectivity index is 2.84. The van der Waals surface area contributed by atoms with Gasteiger partial charge < -0.3 is 14.9 Å². The standard InChI is InChI=1S/C13H20O3/c1-3-13(9-14,10-15)8-11-5-4-6-12(7-11)16-2/h4-7,14-15H,3,8-10H2,1-2H3. The maximum absolute atomic E-state index is 9.37. The average Bonchev–Trinajstić information content (AvgIpc) is 2.36. The lowest BCUT2D eigenvalue weighted by molar-refractivity contribution is 0.0513. The smallest absolute Gasteiger partial charge is 0.119 e. The zero-order valence-corrected chi connectivity index (χ0v) is 9.94. The van der Waals surface area contributed by atoms with Crippen LogP contribution in [-0.4, -0.2) is 30.5 Å². The molecule has 0 bridgehead atoms. The lowest BCUT2D eigenvalue weighted by Gasteiger charge is -2.28. The normalized spacial score (nSPS) is 11.5. The second-order valence-corrected chi connectivity index (χ2v) is 4.20. The first-order chi connectivity index (χ1) is 7.69. The minimum atomic E-state index is -0.424. The Kier molecular flexibility index (Phi) is 4.77. The molecule has 1 rings (SSSR count). The molecule has 90 valence electrons. The average molecular weight is 224 g/mol. The highest BCUT2D eigenvalue weighted by atomic mass is 16.5. The monoisotopic (exact) mass is 224 g/mol. The van der Waals surface area contributed by atoms with E-state index in [0.717, 1.165) is 17.7 Å². The van der Waals surface area contributed by atoms with Crippen LogP contribution < -0.4 is 4.74 Å². The van der Waals surface area contributed by atoms with Crippen molar-refractivity contribution in [3.8, 4) is 5.75 Å². The van der Waals surface area contributed by atoms with Gasteiger partial charge in [-0.1, -0.05) is 19.1 Å². The molecule has 0 fully saturated rings. The minimum absolute atomic E-state index is 0.00277. The fourth-order valence-electron chi connectivity index (χ4n) is 1.73. The van der Waals surface area contributed by atoms with Gasteiger partial charge in [0.25, 0.3) is 0 Å². The molecular weight excluding hydrogens is 204 g/mol. The minimum Gasteiger partial charge on any atom is -0.497 e. The van der Waals surface area contributed by atoms with Gasteiger partial charge in [0.05, 0.1) is 20.3 Å². The third kappa shape index (κ3) is 2.97. The molecule has 0 heterocycles. The molecule has 1 aromatic rings. The van der Waals surface area contributed by atoms with Gasteiger partial charge >= 0.3 is 0 Å². The van der Waals surface area contributed by atoms with Crippen LogP contribution in [0.25, 0.3) is 0 Å². The predicted molar refractivity (Wildman–Crippen MR) is 63.6 cm³/mol. The number of hydrogen-bond donors (Lipinski definition) is 2. The largest absolute Gasteiger partial charge is 0.497 e. The molecule has 0 spiro atoms. The first kappa shape index (κ1) is 13.0. The molecule has 0 amide bonds. The van der Waals surface area contributed by atoms with Crippen LogP contribution >= 0.6 is 0 Å². The Labute approximate surface area is 96.7 Å². The van der Waals surface area contributed by atoms with E-state index in [1.807, 2.05) is 31.2 Å². The highest BCUT2D eigenvalue weighted by molar-refractivity contribution is 5.29. The molecule has 0 saturated carbocycles. The van der Waals surface area contributed by atoms with E-state index in [9.17, 15) is 10.2 Å². The van der Waals surface area contributed by atoms with Crippen molar-refractivity contribution in [1.29, 1.82) is 0 Å². The quantitative estimate of drug-likeness (QED) is 0.772. The van der Waals surface area contributed by atoms with Crippen LogP contribution in [-0.2, 0) is 6.42 Å². The molecule has 16 heavy (non-hydrogen) atoms. The topological polar surface area (TPSA) is 49.7 Å². The first-order valence-electron chi connectivity index (χ1n) is 5.54. The summed E-state index contributed by atoms with van der Waals surface area (Å²) in [6.45, 7) is 1.97. The summed E-state index contributed by atoms with van der Waals surface area (Å²) in [6.07, 6.45) is 1.41. The van der Waals surface area contributed by atoms with Crippen molar-refractivity contribution in [3.05, 3.63) is 29.8 Å². The van der Waals surface area contributed by atoms with Gasteiger partial charge in [-0.15, -0.1) is 0 Å². The van der Waals surface area contributed by atoms with Crippen molar-refractivity contribution in [3.63, 3.8) is 0 Å². The first-order valence-corrected chi connectivity index (χ1v) is 5.54. The van der Waals surface area contributed by atoms with Gasteiger partial charge in [0.1, 0.15) is 5.75 Å². The molecule has 0 unspecified atom stereocenters. The van der Waals surface area contributed by atoms with E-state index in [-0.39, 0.29) is 13.2 Å². The Morgan fingerprint density at radius 3 is 2.44 bits per heavy atom. The van der Waals surface area contributed by atoms with E-state index >= 15 is 0 Å². The van der Waals surface area contributed by atoms with Crippen LogP contribution in [0.15, 0.2) is 24.3 Å². The fraction of sp³-hybridized carbons (Fsp3) is 0.538. The number of ether oxygens (including phenoxy) is 1. The highest BCUT2D eigenvalue weighted by Gasteiger charge is 2.26. The highest BCUT2D eigenvalue weighted by Crippen LogP contribution is 2.27. The number of methoxy groups -OCH3 is 1. The third-order valence-electron chi connectivity index (χ3n) is 3.13. The molecule has 0 aromatic heterocycles. The molecule has 0 saturated heterocycles. The molecule has 0 radical (unpaired) electrons. The SMILES string of the molecule is CCC(CO)(CO)Cc1cccc(OC)c1. The van der Waals surface area contributed by atoms with E-state index in [1.54, 1.807) is 7.11 Å². The van der Waals surface area contributed by atoms with Gasteiger partial charge in [-0.05, 0) is 30.5 Å². The zero-order chi connectivity index (χ0) is 12.0. The van der Waals surface area contributed by atoms with Gasteiger partial charge in [-0.2, -0.15) is 0 Å². The van der Waals surface area contributed by atoms with Crippen LogP contribution in [0.2, 0.25) is 0 Å². The van der Waals surface area contributed by atoms with Crippen molar-refractivity contribution < 1.29 is 14.9 Å². The maximum atomic E-state index is 9.37. The van der Waals surface area contributed by atoms with E-state index in [4.69, 9.17) is 4.74 Å². The number of benzene rings is 1. The van der Waals surface area contributed by atoms with Crippen LogP contribution in [0.5, 0.6) is 5.75 Å². The Morgan fingerprint density at radius 1 is 1.25 bits per heavy atom. The summed E-state index contributed by atoms with van der Waals surface area (Å²) in [6, 6.07) is 7.73. The Morgan fingerprint density at radius 2 is 1.94 bits per heavy atom. The van der Waals surface area contributed by atoms with Gasteiger partial charge in [0, 0.05) is 5.41 Å². The van der Waals surface area contributed by atoms with Crippen LogP contribution in [0.3, 0.4) is 0 Å². The number of aliphatic hydroxyl groups excluding tert-OH is 2. The van der Waals surface area contributed by atoms with Crippen molar-refractivity contribution in [2.75, 3.05) is 20.3 Å². The van der Waals surface area contributed by atoms with Gasteiger partial charge in [-0.25, -0.2) is 0 Å². The fourth-order valence-corrected chi connectivity index (χ4v) is 1.73. The van der Waals surface area contributed by atoms with E-state index in [2.05, 4.69) is 0 Å². The summed E-state index contributed by atoms with van der Waals surface area (Å²) in [4.78, 5) is 0. The van der Waals surface area contributed by atoms with Gasteiger partial charge in [-0.3, -0.25) is 0 Å². The summed E-state index contributed by atoms with van der Waals surface area (Å²) in [5, 5.41) is 18.7. The lowest BCUT2D eigenvalue weighted by atomic mass is 9.81.